The van der Waals surface area contributed by atoms with E-state index >= 15 is 0 Å². The first-order valence-corrected chi connectivity index (χ1v) is 11.8. The molecule has 0 saturated carbocycles. The first-order chi connectivity index (χ1) is 16.1. The van der Waals surface area contributed by atoms with Crippen molar-refractivity contribution in [1.29, 1.82) is 0 Å². The van der Waals surface area contributed by atoms with E-state index in [1.54, 1.807) is 0 Å². The number of thioether (sulfide) groups is 1. The van der Waals surface area contributed by atoms with E-state index in [0.29, 0.717) is 18.4 Å². The quantitative estimate of drug-likeness (QED) is 0.430. The van der Waals surface area contributed by atoms with Crippen LogP contribution in [-0.4, -0.2) is 39.6 Å². The number of carbonyl (C=O) groups excluding carboxylic acids is 1. The molecule has 5 rings (SSSR count). The van der Waals surface area contributed by atoms with Crippen LogP contribution in [0.15, 0.2) is 59.8 Å². The number of aromatic nitrogens is 3. The van der Waals surface area contributed by atoms with Crippen LogP contribution in [0.1, 0.15) is 12.0 Å². The van der Waals surface area contributed by atoms with Crippen LogP contribution in [0, 0.1) is 6.92 Å². The number of benzene rings is 3. The lowest BCUT2D eigenvalue weighted by atomic mass is 10.1. The van der Waals surface area contributed by atoms with Gasteiger partial charge in [0.15, 0.2) is 22.5 Å². The topological polar surface area (TPSA) is 78.3 Å². The zero-order valence-electron chi connectivity index (χ0n) is 18.5. The molecule has 0 unspecified atom stereocenters. The van der Waals surface area contributed by atoms with Crippen molar-refractivity contribution >= 4 is 34.1 Å². The van der Waals surface area contributed by atoms with Gasteiger partial charge in [0.05, 0.1) is 19.0 Å². The summed E-state index contributed by atoms with van der Waals surface area (Å²) in [5.74, 6) is 2.35. The van der Waals surface area contributed by atoms with Gasteiger partial charge in [-0.25, -0.2) is 0 Å². The molecule has 7 nitrogen and oxygen atoms in total. The summed E-state index contributed by atoms with van der Waals surface area (Å²) in [6.45, 7) is 3.29. The molecule has 0 atom stereocenters. The van der Waals surface area contributed by atoms with Gasteiger partial charge < -0.3 is 19.4 Å². The van der Waals surface area contributed by atoms with E-state index in [-0.39, 0.29) is 11.7 Å². The van der Waals surface area contributed by atoms with E-state index in [2.05, 4.69) is 15.5 Å². The molecule has 8 heteroatoms. The maximum Gasteiger partial charge on any atom is 0.234 e. The minimum atomic E-state index is -0.0901. The molecule has 1 amide bonds. The van der Waals surface area contributed by atoms with Crippen molar-refractivity contribution in [3.63, 3.8) is 0 Å². The minimum absolute atomic E-state index is 0.0901. The van der Waals surface area contributed by atoms with Gasteiger partial charge in [-0.1, -0.05) is 48.2 Å². The highest BCUT2D eigenvalue weighted by Crippen LogP contribution is 2.37. The van der Waals surface area contributed by atoms with Crippen LogP contribution in [0.4, 0.5) is 5.69 Å². The van der Waals surface area contributed by atoms with E-state index in [9.17, 15) is 4.79 Å². The van der Waals surface area contributed by atoms with Crippen LogP contribution in [0.25, 0.3) is 22.2 Å². The van der Waals surface area contributed by atoms with E-state index in [4.69, 9.17) is 9.47 Å². The Morgan fingerprint density at radius 2 is 1.82 bits per heavy atom. The number of amides is 1. The smallest absolute Gasteiger partial charge is 0.234 e. The number of fused-ring (bicyclic) bond motifs is 2. The van der Waals surface area contributed by atoms with Gasteiger partial charge in [-0.3, -0.25) is 4.79 Å². The molecular weight excluding hydrogens is 436 g/mol. The standard InChI is InChI=1S/C25H24N4O3S/c1-16-13-21-22(32-12-6-11-31-21)14-19(16)24-27-28-25(29(24)2)33-15-23(30)26-20-10-5-8-17-7-3-4-9-18(17)20/h3-5,7-10,13-14H,6,11-12,15H2,1-2H3,(H,26,30). The highest BCUT2D eigenvalue weighted by molar-refractivity contribution is 7.99. The largest absolute Gasteiger partial charge is 0.490 e. The molecule has 0 bridgehead atoms. The molecule has 4 aromatic rings. The monoisotopic (exact) mass is 460 g/mol. The molecule has 1 aliphatic heterocycles. The lowest BCUT2D eigenvalue weighted by Gasteiger charge is -2.12. The Kier molecular flexibility index (Phi) is 5.92. The summed E-state index contributed by atoms with van der Waals surface area (Å²) in [5, 5.41) is 14.5. The molecular formula is C25H24N4O3S. The Hall–Kier alpha value is -3.52. The summed E-state index contributed by atoms with van der Waals surface area (Å²) in [4.78, 5) is 12.6. The van der Waals surface area contributed by atoms with E-state index < -0.39 is 0 Å². The molecule has 0 spiro atoms. The Labute approximate surface area is 196 Å². The SMILES string of the molecule is Cc1cc2c(cc1-c1nnc(SCC(=O)Nc3cccc4ccccc34)n1C)OCCCO2. The molecule has 1 N–H and O–H groups in total. The predicted octanol–water partition coefficient (Wildman–Crippen LogP) is 4.84. The molecule has 0 saturated heterocycles. The van der Waals surface area contributed by atoms with Gasteiger partial charge in [0.25, 0.3) is 0 Å². The number of anilines is 1. The van der Waals surface area contributed by atoms with Crippen molar-refractivity contribution < 1.29 is 14.3 Å². The van der Waals surface area contributed by atoms with Gasteiger partial charge in [0.1, 0.15) is 0 Å². The Bertz CT molecular complexity index is 1330. The second-order valence-corrected chi connectivity index (χ2v) is 8.84. The van der Waals surface area contributed by atoms with Gasteiger partial charge >= 0.3 is 0 Å². The number of hydrogen-bond acceptors (Lipinski definition) is 6. The summed E-state index contributed by atoms with van der Waals surface area (Å²) >= 11 is 1.35. The van der Waals surface area contributed by atoms with Crippen LogP contribution in [-0.2, 0) is 11.8 Å². The van der Waals surface area contributed by atoms with Crippen LogP contribution in [0.3, 0.4) is 0 Å². The van der Waals surface area contributed by atoms with Crippen LogP contribution < -0.4 is 14.8 Å². The van der Waals surface area contributed by atoms with Crippen molar-refractivity contribution in [3.05, 3.63) is 60.2 Å². The van der Waals surface area contributed by atoms with Crippen LogP contribution in [0.5, 0.6) is 11.5 Å². The molecule has 168 valence electrons. The second kappa shape index (κ2) is 9.15. The summed E-state index contributed by atoms with van der Waals surface area (Å²) < 4.78 is 13.5. The normalized spacial score (nSPS) is 13.0. The number of carbonyl (C=O) groups is 1. The lowest BCUT2D eigenvalue weighted by molar-refractivity contribution is -0.113. The van der Waals surface area contributed by atoms with Gasteiger partial charge in [-0.05, 0) is 36.1 Å². The summed E-state index contributed by atoms with van der Waals surface area (Å²) in [6.07, 6.45) is 0.856. The number of nitrogens with zero attached hydrogens (tertiary/aromatic N) is 3. The fourth-order valence-electron chi connectivity index (χ4n) is 3.88. The van der Waals surface area contributed by atoms with Crippen LogP contribution >= 0.6 is 11.8 Å². The second-order valence-electron chi connectivity index (χ2n) is 7.89. The van der Waals surface area contributed by atoms with Gasteiger partial charge in [-0.2, -0.15) is 0 Å². The number of nitrogens with one attached hydrogen (secondary N) is 1. The molecule has 2 heterocycles. The van der Waals surface area contributed by atoms with Gasteiger partial charge in [0, 0.05) is 30.1 Å². The number of rotatable bonds is 5. The maximum atomic E-state index is 12.6. The third kappa shape index (κ3) is 4.39. The number of aryl methyl sites for hydroxylation is 1. The van der Waals surface area contributed by atoms with E-state index in [1.807, 2.05) is 73.1 Å². The number of ether oxygens (including phenoxy) is 2. The van der Waals surface area contributed by atoms with Gasteiger partial charge in [0.2, 0.25) is 5.91 Å². The van der Waals surface area contributed by atoms with Crippen molar-refractivity contribution in [2.24, 2.45) is 7.05 Å². The van der Waals surface area contributed by atoms with Crippen molar-refractivity contribution in [1.82, 2.24) is 14.8 Å². The number of hydrogen-bond donors (Lipinski definition) is 1. The van der Waals surface area contributed by atoms with Gasteiger partial charge in [-0.15, -0.1) is 10.2 Å². The Morgan fingerprint density at radius 1 is 1.06 bits per heavy atom. The highest BCUT2D eigenvalue weighted by Gasteiger charge is 2.19. The van der Waals surface area contributed by atoms with Crippen molar-refractivity contribution in [2.75, 3.05) is 24.3 Å². The maximum absolute atomic E-state index is 12.6. The molecule has 33 heavy (non-hydrogen) atoms. The van der Waals surface area contributed by atoms with E-state index in [0.717, 1.165) is 51.3 Å². The highest BCUT2D eigenvalue weighted by atomic mass is 32.2. The third-order valence-electron chi connectivity index (χ3n) is 5.57. The van der Waals surface area contributed by atoms with E-state index in [1.165, 1.54) is 11.8 Å². The summed E-state index contributed by atoms with van der Waals surface area (Å²) in [7, 11) is 1.91. The average Bonchev–Trinajstić information content (AvgIpc) is 3.03. The Balaban J connectivity index is 1.31. The fourth-order valence-corrected chi connectivity index (χ4v) is 4.59. The zero-order valence-corrected chi connectivity index (χ0v) is 19.3. The Morgan fingerprint density at radius 3 is 2.67 bits per heavy atom. The molecule has 1 aliphatic rings. The fraction of sp³-hybridized carbons (Fsp3) is 0.240. The third-order valence-corrected chi connectivity index (χ3v) is 6.59. The molecule has 1 aromatic heterocycles. The molecule has 0 radical (unpaired) electrons. The van der Waals surface area contributed by atoms with Crippen LogP contribution in [0.2, 0.25) is 0 Å². The molecule has 0 fully saturated rings. The predicted molar refractivity (Wildman–Crippen MR) is 130 cm³/mol. The molecule has 3 aromatic carbocycles. The minimum Gasteiger partial charge on any atom is -0.490 e. The van der Waals surface area contributed by atoms with Crippen molar-refractivity contribution in [3.8, 4) is 22.9 Å². The average molecular weight is 461 g/mol. The molecule has 0 aliphatic carbocycles. The lowest BCUT2D eigenvalue weighted by Crippen LogP contribution is -2.14. The van der Waals surface area contributed by atoms with Crippen molar-refractivity contribution in [2.45, 2.75) is 18.5 Å². The first kappa shape index (κ1) is 21.3. The summed E-state index contributed by atoms with van der Waals surface area (Å²) in [6, 6.07) is 17.8. The summed E-state index contributed by atoms with van der Waals surface area (Å²) in [5.41, 5.74) is 2.77. The zero-order chi connectivity index (χ0) is 22.8. The first-order valence-electron chi connectivity index (χ1n) is 10.8.